The standard InChI is InChI=1S/C31H47NO6/c1-4-5-6-7-8-9-10-11-12-13-14-15-16-17-18-19-20-21-22-26-30(38-26)37-25-31(2,3)28(35)29(36)32-24-23-27(33)34/h5-6,8-9,11-12,14-15,17-18,20-21,26,28,30,35H,4,7,10,13,16,19,22-25H2,1-3H3,(H,32,36)(H,33,34). The zero-order valence-electron chi connectivity index (χ0n) is 23.3. The van der Waals surface area contributed by atoms with Gasteiger partial charge in [-0.3, -0.25) is 9.59 Å². The predicted octanol–water partition coefficient (Wildman–Crippen LogP) is 5.79. The minimum Gasteiger partial charge on any atom is -0.481 e. The first-order chi connectivity index (χ1) is 18.3. The van der Waals surface area contributed by atoms with Gasteiger partial charge in [-0.1, -0.05) is 93.7 Å². The molecule has 212 valence electrons. The first-order valence-corrected chi connectivity index (χ1v) is 13.6. The van der Waals surface area contributed by atoms with Crippen LogP contribution in [0.1, 0.15) is 72.1 Å². The Morgan fingerprint density at radius 1 is 0.868 bits per heavy atom. The number of carboxylic acid groups (broad SMARTS) is 1. The van der Waals surface area contributed by atoms with Crippen LogP contribution in [0.3, 0.4) is 0 Å². The van der Waals surface area contributed by atoms with Gasteiger partial charge in [-0.05, 0) is 44.9 Å². The van der Waals surface area contributed by atoms with Crippen LogP contribution >= 0.6 is 0 Å². The molecule has 0 aromatic carbocycles. The number of hydrogen-bond acceptors (Lipinski definition) is 5. The molecule has 38 heavy (non-hydrogen) atoms. The molecule has 0 spiro atoms. The van der Waals surface area contributed by atoms with E-state index >= 15 is 0 Å². The molecule has 1 fully saturated rings. The smallest absolute Gasteiger partial charge is 0.305 e. The molecule has 0 bridgehead atoms. The fourth-order valence-corrected chi connectivity index (χ4v) is 3.31. The molecule has 3 N–H and O–H groups in total. The highest BCUT2D eigenvalue weighted by Crippen LogP contribution is 2.30. The maximum Gasteiger partial charge on any atom is 0.305 e. The number of amides is 1. The largest absolute Gasteiger partial charge is 0.481 e. The lowest BCUT2D eigenvalue weighted by atomic mass is 9.87. The molecule has 1 aliphatic rings. The van der Waals surface area contributed by atoms with Gasteiger partial charge >= 0.3 is 5.97 Å². The minimum atomic E-state index is -1.31. The summed E-state index contributed by atoms with van der Waals surface area (Å²) in [6.45, 7) is 5.70. The summed E-state index contributed by atoms with van der Waals surface area (Å²) >= 11 is 0. The zero-order chi connectivity index (χ0) is 28.1. The molecule has 7 heteroatoms. The fraction of sp³-hybridized carbons (Fsp3) is 0.548. The number of carboxylic acids is 1. The van der Waals surface area contributed by atoms with Gasteiger partial charge in [-0.25, -0.2) is 0 Å². The number of rotatable bonds is 21. The van der Waals surface area contributed by atoms with Gasteiger partial charge in [0.05, 0.1) is 13.0 Å². The Morgan fingerprint density at radius 2 is 1.34 bits per heavy atom. The maximum absolute atomic E-state index is 12.0. The Morgan fingerprint density at radius 3 is 1.82 bits per heavy atom. The Kier molecular flexibility index (Phi) is 17.7. The second-order valence-corrected chi connectivity index (χ2v) is 9.83. The molecule has 1 amide bonds. The van der Waals surface area contributed by atoms with Gasteiger partial charge in [0, 0.05) is 12.0 Å². The number of epoxide rings is 1. The van der Waals surface area contributed by atoms with Crippen molar-refractivity contribution in [2.75, 3.05) is 13.2 Å². The van der Waals surface area contributed by atoms with E-state index in [1.165, 1.54) is 0 Å². The van der Waals surface area contributed by atoms with Crippen LogP contribution < -0.4 is 5.32 Å². The minimum absolute atomic E-state index is 0.0167. The fourth-order valence-electron chi connectivity index (χ4n) is 3.31. The predicted molar refractivity (Wildman–Crippen MR) is 152 cm³/mol. The summed E-state index contributed by atoms with van der Waals surface area (Å²) in [7, 11) is 0. The van der Waals surface area contributed by atoms with Gasteiger partial charge in [-0.2, -0.15) is 0 Å². The van der Waals surface area contributed by atoms with Gasteiger partial charge < -0.3 is 25.0 Å². The highest BCUT2D eigenvalue weighted by Gasteiger charge is 2.42. The Balaban J connectivity index is 2.09. The lowest BCUT2D eigenvalue weighted by Gasteiger charge is -2.29. The molecule has 0 aromatic heterocycles. The lowest BCUT2D eigenvalue weighted by Crippen LogP contribution is -2.46. The third-order valence-corrected chi connectivity index (χ3v) is 5.75. The van der Waals surface area contributed by atoms with E-state index in [-0.39, 0.29) is 32.0 Å². The third-order valence-electron chi connectivity index (χ3n) is 5.75. The van der Waals surface area contributed by atoms with Gasteiger partial charge in [0.15, 0.2) is 6.29 Å². The highest BCUT2D eigenvalue weighted by atomic mass is 16.8. The first kappa shape index (κ1) is 33.3. The van der Waals surface area contributed by atoms with E-state index in [1.807, 2.05) is 0 Å². The van der Waals surface area contributed by atoms with Gasteiger partial charge in [0.2, 0.25) is 5.91 Å². The number of aliphatic hydroxyl groups excluding tert-OH is 1. The van der Waals surface area contributed by atoms with E-state index in [0.29, 0.717) is 0 Å². The van der Waals surface area contributed by atoms with Crippen molar-refractivity contribution in [3.63, 3.8) is 0 Å². The Labute approximate surface area is 228 Å². The number of aliphatic carboxylic acids is 1. The third kappa shape index (κ3) is 16.9. The molecule has 1 rings (SSSR count). The van der Waals surface area contributed by atoms with Crippen molar-refractivity contribution < 1.29 is 29.3 Å². The quantitative estimate of drug-likeness (QED) is 0.128. The number of carbonyl (C=O) groups excluding carboxylic acids is 1. The van der Waals surface area contributed by atoms with Crippen molar-refractivity contribution >= 4 is 11.9 Å². The topological polar surface area (TPSA) is 108 Å². The van der Waals surface area contributed by atoms with E-state index in [1.54, 1.807) is 13.8 Å². The summed E-state index contributed by atoms with van der Waals surface area (Å²) in [5.74, 6) is -1.61. The van der Waals surface area contributed by atoms with Gasteiger partial charge in [0.1, 0.15) is 12.2 Å². The second kappa shape index (κ2) is 20.3. The molecule has 0 aliphatic carbocycles. The molecule has 7 nitrogen and oxygen atoms in total. The molecule has 3 atom stereocenters. The summed E-state index contributed by atoms with van der Waals surface area (Å²) in [6, 6.07) is 0. The van der Waals surface area contributed by atoms with Crippen LogP contribution in [-0.4, -0.2) is 53.7 Å². The van der Waals surface area contributed by atoms with Crippen LogP contribution in [0.4, 0.5) is 0 Å². The van der Waals surface area contributed by atoms with Crippen molar-refractivity contribution in [1.82, 2.24) is 5.32 Å². The van der Waals surface area contributed by atoms with Crippen LogP contribution in [0.2, 0.25) is 0 Å². The number of allylic oxidation sites excluding steroid dienone is 11. The van der Waals surface area contributed by atoms with Crippen LogP contribution in [-0.2, 0) is 19.1 Å². The zero-order valence-corrected chi connectivity index (χ0v) is 23.3. The van der Waals surface area contributed by atoms with Crippen LogP contribution in [0.25, 0.3) is 0 Å². The van der Waals surface area contributed by atoms with Crippen molar-refractivity contribution in [2.45, 2.75) is 90.6 Å². The maximum atomic E-state index is 12.0. The molecular formula is C31H47NO6. The Hall–Kier alpha value is -2.74. The molecule has 0 radical (unpaired) electrons. The van der Waals surface area contributed by atoms with Crippen LogP contribution in [0.5, 0.6) is 0 Å². The monoisotopic (exact) mass is 529 g/mol. The summed E-state index contributed by atoms with van der Waals surface area (Å²) in [4.78, 5) is 22.6. The highest BCUT2D eigenvalue weighted by molar-refractivity contribution is 5.81. The summed E-state index contributed by atoms with van der Waals surface area (Å²) in [5, 5.41) is 21.3. The van der Waals surface area contributed by atoms with Gasteiger partial charge in [-0.15, -0.1) is 0 Å². The molecule has 1 aliphatic heterocycles. The van der Waals surface area contributed by atoms with E-state index in [9.17, 15) is 14.7 Å². The number of carbonyl (C=O) groups is 2. The van der Waals surface area contributed by atoms with Crippen molar-refractivity contribution in [1.29, 1.82) is 0 Å². The second-order valence-electron chi connectivity index (χ2n) is 9.83. The van der Waals surface area contributed by atoms with Crippen molar-refractivity contribution in [2.24, 2.45) is 5.41 Å². The Bertz CT molecular complexity index is 852. The van der Waals surface area contributed by atoms with Crippen molar-refractivity contribution in [3.8, 4) is 0 Å². The summed E-state index contributed by atoms with van der Waals surface area (Å²) < 4.78 is 11.2. The van der Waals surface area contributed by atoms with E-state index in [2.05, 4.69) is 85.2 Å². The van der Waals surface area contributed by atoms with E-state index in [0.717, 1.165) is 44.9 Å². The van der Waals surface area contributed by atoms with Gasteiger partial charge in [0.25, 0.3) is 0 Å². The van der Waals surface area contributed by atoms with Crippen molar-refractivity contribution in [3.05, 3.63) is 72.9 Å². The number of aliphatic hydroxyl groups is 1. The molecule has 1 heterocycles. The molecule has 0 saturated carbocycles. The average Bonchev–Trinajstić information content (AvgIpc) is 3.64. The summed E-state index contributed by atoms with van der Waals surface area (Å²) in [5.41, 5.74) is -0.835. The summed E-state index contributed by atoms with van der Waals surface area (Å²) in [6.07, 6.45) is 30.7. The molecular weight excluding hydrogens is 482 g/mol. The lowest BCUT2D eigenvalue weighted by molar-refractivity contribution is -0.140. The number of nitrogens with one attached hydrogen (secondary N) is 1. The SMILES string of the molecule is CCC=CCC=CCC=CCC=CCC=CCC=CCC1OC1OCC(C)(C)C(O)C(=O)NCCC(=O)O. The molecule has 1 saturated heterocycles. The van der Waals surface area contributed by atoms with Crippen LogP contribution in [0.15, 0.2) is 72.9 Å². The number of hydrogen-bond donors (Lipinski definition) is 3. The normalized spacial score (nSPS) is 19.2. The van der Waals surface area contributed by atoms with E-state index in [4.69, 9.17) is 14.6 Å². The average molecular weight is 530 g/mol. The first-order valence-electron chi connectivity index (χ1n) is 13.6. The van der Waals surface area contributed by atoms with E-state index < -0.39 is 23.4 Å². The number of ether oxygens (including phenoxy) is 2. The molecule has 0 aromatic rings. The van der Waals surface area contributed by atoms with Crippen LogP contribution in [0, 0.1) is 5.41 Å². The molecule has 3 unspecified atom stereocenters.